The number of rotatable bonds is 6. The molecule has 0 unspecified atom stereocenters. The summed E-state index contributed by atoms with van der Waals surface area (Å²) in [4.78, 5) is 10.3. The number of nitrogens with one attached hydrogen (secondary N) is 2. The Hall–Kier alpha value is -1.22. The second kappa shape index (κ2) is 8.05. The largest absolute Gasteiger partial charge is 0.314 e. The van der Waals surface area contributed by atoms with E-state index in [-0.39, 0.29) is 23.0 Å². The summed E-state index contributed by atoms with van der Waals surface area (Å²) in [7, 11) is -3.74. The van der Waals surface area contributed by atoms with Crippen molar-refractivity contribution in [2.24, 2.45) is 0 Å². The van der Waals surface area contributed by atoms with Crippen molar-refractivity contribution in [2.45, 2.75) is 44.0 Å². The lowest BCUT2D eigenvalue weighted by Gasteiger charge is -2.13. The molecule has 2 rings (SSSR count). The smallest absolute Gasteiger partial charge is 0.271 e. The molecular weight excluding hydrogens is 342 g/mol. The van der Waals surface area contributed by atoms with Crippen LogP contribution in [0.3, 0.4) is 0 Å². The molecule has 1 aliphatic rings. The fourth-order valence-electron chi connectivity index (χ4n) is 2.64. The third kappa shape index (κ3) is 4.87. The van der Waals surface area contributed by atoms with E-state index in [9.17, 15) is 18.5 Å². The molecule has 1 heterocycles. The van der Waals surface area contributed by atoms with Crippen LogP contribution in [0.15, 0.2) is 17.0 Å². The minimum atomic E-state index is -3.74. The fourth-order valence-corrected chi connectivity index (χ4v) is 4.02. The number of halogens is 1. The number of nitro groups is 1. The van der Waals surface area contributed by atoms with Crippen molar-refractivity contribution in [2.75, 3.05) is 13.1 Å². The Bertz CT molecular complexity index is 673. The van der Waals surface area contributed by atoms with Crippen molar-refractivity contribution < 1.29 is 13.3 Å². The van der Waals surface area contributed by atoms with Gasteiger partial charge in [0.15, 0.2) is 0 Å². The molecule has 1 aliphatic heterocycles. The molecule has 23 heavy (non-hydrogen) atoms. The molecule has 2 N–H and O–H groups in total. The zero-order chi connectivity index (χ0) is 16.3. The molecule has 1 fully saturated rings. The highest BCUT2D eigenvalue weighted by molar-refractivity contribution is 7.89. The number of aryl methyl sites for hydroxylation is 1. The van der Waals surface area contributed by atoms with E-state index in [0.717, 1.165) is 25.5 Å². The summed E-state index contributed by atoms with van der Waals surface area (Å²) < 4.78 is 27.3. The Balaban J connectivity index is 0.00000264. The number of nitro benzene ring substituents is 1. The molecule has 0 spiro atoms. The zero-order valence-electron chi connectivity index (χ0n) is 13.2. The maximum atomic E-state index is 12.4. The molecule has 1 aromatic carbocycles. The van der Waals surface area contributed by atoms with Crippen LogP contribution >= 0.6 is 12.4 Å². The number of benzene rings is 1. The van der Waals surface area contributed by atoms with E-state index in [0.29, 0.717) is 30.1 Å². The first-order chi connectivity index (χ1) is 10.3. The van der Waals surface area contributed by atoms with Crippen LogP contribution in [-0.2, 0) is 10.0 Å². The first-order valence-corrected chi connectivity index (χ1v) is 8.78. The Morgan fingerprint density at radius 2 is 2.09 bits per heavy atom. The Morgan fingerprint density at radius 3 is 2.65 bits per heavy atom. The number of non-ortho nitro benzene ring substituents is 1. The minimum Gasteiger partial charge on any atom is -0.314 e. The van der Waals surface area contributed by atoms with Gasteiger partial charge in [-0.2, -0.15) is 0 Å². The molecule has 1 atom stereocenters. The average molecular weight is 364 g/mol. The highest BCUT2D eigenvalue weighted by Gasteiger charge is 2.22. The maximum Gasteiger partial charge on any atom is 0.271 e. The molecule has 1 aromatic rings. The quantitative estimate of drug-likeness (QED) is 0.595. The van der Waals surface area contributed by atoms with E-state index in [1.807, 2.05) is 0 Å². The van der Waals surface area contributed by atoms with Crippen molar-refractivity contribution in [3.8, 4) is 0 Å². The molecule has 9 heteroatoms. The summed E-state index contributed by atoms with van der Waals surface area (Å²) in [5.74, 6) is 0. The first kappa shape index (κ1) is 19.8. The third-order valence-corrected chi connectivity index (χ3v) is 5.64. The predicted molar refractivity (Wildman–Crippen MR) is 90.6 cm³/mol. The van der Waals surface area contributed by atoms with Crippen LogP contribution in [-0.4, -0.2) is 32.5 Å². The second-order valence-electron chi connectivity index (χ2n) is 5.62. The van der Waals surface area contributed by atoms with Crippen LogP contribution in [0.1, 0.15) is 30.4 Å². The van der Waals surface area contributed by atoms with Crippen molar-refractivity contribution in [1.82, 2.24) is 10.0 Å². The van der Waals surface area contributed by atoms with Gasteiger partial charge in [0.2, 0.25) is 10.0 Å². The van der Waals surface area contributed by atoms with Crippen LogP contribution in [0.2, 0.25) is 0 Å². The lowest BCUT2D eigenvalue weighted by atomic mass is 10.1. The van der Waals surface area contributed by atoms with Gasteiger partial charge in [-0.15, -0.1) is 12.4 Å². The van der Waals surface area contributed by atoms with Gasteiger partial charge in [-0.05, 0) is 50.8 Å². The molecule has 0 aromatic heterocycles. The van der Waals surface area contributed by atoms with Gasteiger partial charge in [-0.1, -0.05) is 0 Å². The summed E-state index contributed by atoms with van der Waals surface area (Å²) in [6.45, 7) is 4.62. The summed E-state index contributed by atoms with van der Waals surface area (Å²) in [5, 5.41) is 14.2. The molecule has 0 aliphatic carbocycles. The summed E-state index contributed by atoms with van der Waals surface area (Å²) >= 11 is 0. The maximum absolute atomic E-state index is 12.4. The van der Waals surface area contributed by atoms with Crippen molar-refractivity contribution >= 4 is 28.1 Å². The van der Waals surface area contributed by atoms with Crippen molar-refractivity contribution in [3.05, 3.63) is 33.4 Å². The predicted octanol–water partition coefficient (Wildman–Crippen LogP) is 2.05. The number of nitrogens with zero attached hydrogens (tertiary/aromatic N) is 1. The van der Waals surface area contributed by atoms with Gasteiger partial charge in [0.05, 0.1) is 9.82 Å². The van der Waals surface area contributed by atoms with Gasteiger partial charge < -0.3 is 5.32 Å². The lowest BCUT2D eigenvalue weighted by molar-refractivity contribution is -0.385. The van der Waals surface area contributed by atoms with E-state index in [4.69, 9.17) is 0 Å². The molecule has 0 radical (unpaired) electrons. The number of hydrogen-bond acceptors (Lipinski definition) is 5. The van der Waals surface area contributed by atoms with Gasteiger partial charge in [-0.25, -0.2) is 13.1 Å². The molecule has 7 nitrogen and oxygen atoms in total. The van der Waals surface area contributed by atoms with Gasteiger partial charge in [-0.3, -0.25) is 10.1 Å². The summed E-state index contributed by atoms with van der Waals surface area (Å²) in [6, 6.07) is 2.85. The van der Waals surface area contributed by atoms with Crippen LogP contribution in [0.4, 0.5) is 5.69 Å². The number of sulfonamides is 1. The highest BCUT2D eigenvalue weighted by Crippen LogP contribution is 2.25. The topological polar surface area (TPSA) is 101 Å². The molecule has 0 saturated carbocycles. The SMILES string of the molecule is Cc1cc([N+](=O)[O-])cc(S(=O)(=O)NCC[C@H]2CCCN2)c1C.Cl. The average Bonchev–Trinajstić information content (AvgIpc) is 2.94. The summed E-state index contributed by atoms with van der Waals surface area (Å²) in [5.41, 5.74) is 0.921. The molecule has 0 bridgehead atoms. The zero-order valence-corrected chi connectivity index (χ0v) is 14.8. The molecule has 1 saturated heterocycles. The minimum absolute atomic E-state index is 0. The van der Waals surface area contributed by atoms with E-state index in [1.165, 1.54) is 6.07 Å². The Labute approximate surface area is 142 Å². The standard InChI is InChI=1S/C14H21N3O4S.ClH/c1-10-8-13(17(18)19)9-14(11(10)2)22(20,21)16-7-5-12-4-3-6-15-12;/h8-9,12,15-16H,3-7H2,1-2H3;1H/t12-;/m1./s1. The van der Waals surface area contributed by atoms with Gasteiger partial charge in [0, 0.05) is 24.7 Å². The molecule has 0 amide bonds. The highest BCUT2D eigenvalue weighted by atomic mass is 35.5. The van der Waals surface area contributed by atoms with Crippen LogP contribution in [0.25, 0.3) is 0 Å². The van der Waals surface area contributed by atoms with Crippen LogP contribution in [0.5, 0.6) is 0 Å². The summed E-state index contributed by atoms with van der Waals surface area (Å²) in [6.07, 6.45) is 2.88. The van der Waals surface area contributed by atoms with E-state index in [2.05, 4.69) is 10.0 Å². The normalized spacial score (nSPS) is 17.7. The Kier molecular flexibility index (Phi) is 6.94. The van der Waals surface area contributed by atoms with Crippen LogP contribution < -0.4 is 10.0 Å². The van der Waals surface area contributed by atoms with Crippen molar-refractivity contribution in [1.29, 1.82) is 0 Å². The molecular formula is C14H22ClN3O4S. The first-order valence-electron chi connectivity index (χ1n) is 7.30. The van der Waals surface area contributed by atoms with E-state index < -0.39 is 14.9 Å². The molecule has 130 valence electrons. The van der Waals surface area contributed by atoms with Crippen LogP contribution in [0, 0.1) is 24.0 Å². The van der Waals surface area contributed by atoms with E-state index in [1.54, 1.807) is 13.8 Å². The van der Waals surface area contributed by atoms with Gasteiger partial charge in [0.1, 0.15) is 0 Å². The lowest BCUT2D eigenvalue weighted by Crippen LogP contribution is -2.31. The number of hydrogen-bond donors (Lipinski definition) is 2. The van der Waals surface area contributed by atoms with E-state index >= 15 is 0 Å². The van der Waals surface area contributed by atoms with Crippen molar-refractivity contribution in [3.63, 3.8) is 0 Å². The van der Waals surface area contributed by atoms with Gasteiger partial charge >= 0.3 is 0 Å². The third-order valence-electron chi connectivity index (χ3n) is 4.05. The second-order valence-corrected chi connectivity index (χ2v) is 7.36. The monoisotopic (exact) mass is 363 g/mol. The Morgan fingerprint density at radius 1 is 1.39 bits per heavy atom. The van der Waals surface area contributed by atoms with Gasteiger partial charge in [0.25, 0.3) is 5.69 Å². The fraction of sp³-hybridized carbons (Fsp3) is 0.571.